The molecule has 0 aliphatic heterocycles. The third-order valence-electron chi connectivity index (χ3n) is 4.27. The number of hydrogen-bond donors (Lipinski definition) is 1. The van der Waals surface area contributed by atoms with Gasteiger partial charge in [-0.05, 0) is 37.3 Å². The second kappa shape index (κ2) is 6.31. The van der Waals surface area contributed by atoms with E-state index in [1.807, 2.05) is 0 Å². The fourth-order valence-corrected chi connectivity index (χ4v) is 3.00. The molecule has 27 heavy (non-hydrogen) atoms. The van der Waals surface area contributed by atoms with Crippen molar-refractivity contribution in [3.63, 3.8) is 0 Å². The molecule has 0 fully saturated rings. The summed E-state index contributed by atoms with van der Waals surface area (Å²) in [6, 6.07) is 9.56. The minimum Gasteiger partial charge on any atom is -0.506 e. The number of benzene rings is 2. The van der Waals surface area contributed by atoms with Crippen molar-refractivity contribution in [3.8, 4) is 28.6 Å². The lowest BCUT2D eigenvalue weighted by Gasteiger charge is -2.11. The Labute approximate surface area is 151 Å². The van der Waals surface area contributed by atoms with Gasteiger partial charge in [0.25, 0.3) is 11.4 Å². The van der Waals surface area contributed by atoms with Gasteiger partial charge in [-0.3, -0.25) is 4.79 Å². The van der Waals surface area contributed by atoms with Crippen LogP contribution in [0.3, 0.4) is 0 Å². The molecule has 136 valence electrons. The molecule has 0 bridgehead atoms. The molecule has 4 aromatic rings. The van der Waals surface area contributed by atoms with E-state index in [4.69, 9.17) is 4.52 Å². The number of aryl methyl sites for hydroxylation is 1. The SMILES string of the molecule is CCn1c(=O)c(-c2nc(-c3ccccc3F)no2)c(O)c2cc(F)ccc21. The maximum atomic E-state index is 13.9. The number of fused-ring (bicyclic) bond motifs is 1. The molecule has 0 aliphatic carbocycles. The highest BCUT2D eigenvalue weighted by Crippen LogP contribution is 2.33. The summed E-state index contributed by atoms with van der Waals surface area (Å²) in [4.78, 5) is 16.9. The predicted molar refractivity (Wildman–Crippen MR) is 94.2 cm³/mol. The maximum absolute atomic E-state index is 13.9. The summed E-state index contributed by atoms with van der Waals surface area (Å²) < 4.78 is 34.1. The molecule has 0 spiro atoms. The molecule has 0 saturated carbocycles. The Kier molecular flexibility index (Phi) is 3.95. The van der Waals surface area contributed by atoms with Crippen molar-refractivity contribution in [1.82, 2.24) is 14.7 Å². The van der Waals surface area contributed by atoms with Crippen LogP contribution in [0.25, 0.3) is 33.7 Å². The highest BCUT2D eigenvalue weighted by atomic mass is 19.1. The number of aromatic nitrogens is 3. The van der Waals surface area contributed by atoms with Crippen molar-refractivity contribution in [2.45, 2.75) is 13.5 Å². The monoisotopic (exact) mass is 369 g/mol. The van der Waals surface area contributed by atoms with Crippen LogP contribution in [-0.4, -0.2) is 19.8 Å². The topological polar surface area (TPSA) is 81.2 Å². The summed E-state index contributed by atoms with van der Waals surface area (Å²) in [5, 5.41) is 14.4. The second-order valence-electron chi connectivity index (χ2n) is 5.84. The van der Waals surface area contributed by atoms with Gasteiger partial charge in [0.15, 0.2) is 0 Å². The maximum Gasteiger partial charge on any atom is 0.267 e. The lowest BCUT2D eigenvalue weighted by atomic mass is 10.1. The van der Waals surface area contributed by atoms with Gasteiger partial charge >= 0.3 is 0 Å². The van der Waals surface area contributed by atoms with Gasteiger partial charge in [0.2, 0.25) is 5.82 Å². The standard InChI is InChI=1S/C19H13F2N3O3/c1-2-24-14-8-7-10(20)9-12(14)16(25)15(19(24)26)18-22-17(23-27-18)11-5-3-4-6-13(11)21/h3-9,25H,2H2,1H3. The molecule has 2 aromatic carbocycles. The van der Waals surface area contributed by atoms with Gasteiger partial charge < -0.3 is 14.2 Å². The summed E-state index contributed by atoms with van der Waals surface area (Å²) >= 11 is 0. The first kappa shape index (κ1) is 16.9. The molecule has 2 heterocycles. The Morgan fingerprint density at radius 1 is 1.19 bits per heavy atom. The third kappa shape index (κ3) is 2.66. The average Bonchev–Trinajstić information content (AvgIpc) is 3.12. The zero-order valence-corrected chi connectivity index (χ0v) is 14.1. The first-order chi connectivity index (χ1) is 13.0. The summed E-state index contributed by atoms with van der Waals surface area (Å²) in [6.45, 7) is 2.02. The van der Waals surface area contributed by atoms with E-state index in [2.05, 4.69) is 10.1 Å². The Morgan fingerprint density at radius 3 is 2.70 bits per heavy atom. The summed E-state index contributed by atoms with van der Waals surface area (Å²) in [5.41, 5.74) is -0.364. The highest BCUT2D eigenvalue weighted by Gasteiger charge is 2.23. The van der Waals surface area contributed by atoms with Crippen molar-refractivity contribution in [2.75, 3.05) is 0 Å². The Morgan fingerprint density at radius 2 is 1.96 bits per heavy atom. The molecule has 0 radical (unpaired) electrons. The van der Waals surface area contributed by atoms with Crippen molar-refractivity contribution in [3.05, 3.63) is 64.5 Å². The number of nitrogens with zero attached hydrogens (tertiary/aromatic N) is 3. The van der Waals surface area contributed by atoms with E-state index in [0.29, 0.717) is 5.52 Å². The second-order valence-corrected chi connectivity index (χ2v) is 5.84. The smallest absolute Gasteiger partial charge is 0.267 e. The summed E-state index contributed by atoms with van der Waals surface area (Å²) in [5.74, 6) is -1.93. The van der Waals surface area contributed by atoms with Crippen molar-refractivity contribution >= 4 is 10.9 Å². The van der Waals surface area contributed by atoms with E-state index in [-0.39, 0.29) is 34.8 Å². The van der Waals surface area contributed by atoms with Gasteiger partial charge in [-0.25, -0.2) is 8.78 Å². The van der Waals surface area contributed by atoms with Crippen LogP contribution in [0, 0.1) is 11.6 Å². The Balaban J connectivity index is 1.98. The quantitative estimate of drug-likeness (QED) is 0.595. The lowest BCUT2D eigenvalue weighted by Crippen LogP contribution is -2.21. The van der Waals surface area contributed by atoms with E-state index in [9.17, 15) is 18.7 Å². The molecule has 0 unspecified atom stereocenters. The average molecular weight is 369 g/mol. The number of halogens is 2. The van der Waals surface area contributed by atoms with Gasteiger partial charge in [0, 0.05) is 11.9 Å². The van der Waals surface area contributed by atoms with Crippen molar-refractivity contribution < 1.29 is 18.4 Å². The normalized spacial score (nSPS) is 11.2. The van der Waals surface area contributed by atoms with Crippen LogP contribution in [-0.2, 0) is 6.54 Å². The zero-order chi connectivity index (χ0) is 19.1. The van der Waals surface area contributed by atoms with Crippen LogP contribution in [0.15, 0.2) is 51.8 Å². The first-order valence-electron chi connectivity index (χ1n) is 8.15. The largest absolute Gasteiger partial charge is 0.506 e. The molecule has 8 heteroatoms. The highest BCUT2D eigenvalue weighted by molar-refractivity contribution is 5.91. The van der Waals surface area contributed by atoms with E-state index in [1.165, 1.54) is 34.9 Å². The van der Waals surface area contributed by atoms with E-state index >= 15 is 0 Å². The molecular formula is C19H13F2N3O3. The van der Waals surface area contributed by atoms with Crippen LogP contribution in [0.5, 0.6) is 5.75 Å². The van der Waals surface area contributed by atoms with Crippen LogP contribution in [0.4, 0.5) is 8.78 Å². The summed E-state index contributed by atoms with van der Waals surface area (Å²) in [6.07, 6.45) is 0. The van der Waals surface area contributed by atoms with E-state index in [1.54, 1.807) is 13.0 Å². The van der Waals surface area contributed by atoms with Crippen molar-refractivity contribution in [2.24, 2.45) is 0 Å². The first-order valence-corrected chi connectivity index (χ1v) is 8.15. The van der Waals surface area contributed by atoms with Gasteiger partial charge in [-0.15, -0.1) is 0 Å². The van der Waals surface area contributed by atoms with Crippen LogP contribution >= 0.6 is 0 Å². The predicted octanol–water partition coefficient (Wildman–Crippen LogP) is 3.72. The number of rotatable bonds is 3. The van der Waals surface area contributed by atoms with Gasteiger partial charge in [-0.2, -0.15) is 4.98 Å². The van der Waals surface area contributed by atoms with Crippen LogP contribution in [0.1, 0.15) is 6.92 Å². The van der Waals surface area contributed by atoms with Gasteiger partial charge in [-0.1, -0.05) is 17.3 Å². The minimum absolute atomic E-state index is 0.0655. The molecule has 2 aromatic heterocycles. The zero-order valence-electron chi connectivity index (χ0n) is 14.1. The third-order valence-corrected chi connectivity index (χ3v) is 4.27. The number of hydrogen-bond acceptors (Lipinski definition) is 5. The molecule has 0 aliphatic rings. The van der Waals surface area contributed by atoms with E-state index < -0.39 is 22.9 Å². The lowest BCUT2D eigenvalue weighted by molar-refractivity contribution is 0.424. The molecule has 4 rings (SSSR count). The molecule has 0 amide bonds. The summed E-state index contributed by atoms with van der Waals surface area (Å²) in [7, 11) is 0. The molecule has 0 atom stereocenters. The molecule has 1 N–H and O–H groups in total. The van der Waals surface area contributed by atoms with Gasteiger partial charge in [0.1, 0.15) is 22.9 Å². The molecule has 6 nitrogen and oxygen atoms in total. The number of aromatic hydroxyl groups is 1. The molecular weight excluding hydrogens is 356 g/mol. The fourth-order valence-electron chi connectivity index (χ4n) is 3.00. The number of pyridine rings is 1. The van der Waals surface area contributed by atoms with E-state index in [0.717, 1.165) is 6.07 Å². The Hall–Kier alpha value is -3.55. The molecule has 0 saturated heterocycles. The fraction of sp³-hybridized carbons (Fsp3) is 0.105. The van der Waals surface area contributed by atoms with Crippen LogP contribution in [0.2, 0.25) is 0 Å². The van der Waals surface area contributed by atoms with Gasteiger partial charge in [0.05, 0.1) is 11.1 Å². The minimum atomic E-state index is -0.571. The Bertz CT molecular complexity index is 1230. The van der Waals surface area contributed by atoms with Crippen LogP contribution < -0.4 is 5.56 Å². The van der Waals surface area contributed by atoms with Crippen molar-refractivity contribution in [1.29, 1.82) is 0 Å².